The smallest absolute Gasteiger partial charge is 0.311 e. The van der Waals surface area contributed by atoms with E-state index in [4.69, 9.17) is 28.4 Å². The second kappa shape index (κ2) is 22.8. The second-order valence-electron chi connectivity index (χ2n) is 21.5. The number of aromatic nitrogens is 4. The Bertz CT molecular complexity index is 2100. The van der Waals surface area contributed by atoms with E-state index in [1.807, 2.05) is 69.0 Å². The van der Waals surface area contributed by atoms with Crippen molar-refractivity contribution in [1.82, 2.24) is 29.8 Å². The number of H-pyrrole nitrogens is 1. The van der Waals surface area contributed by atoms with Gasteiger partial charge in [-0.15, -0.1) is 5.10 Å². The first-order chi connectivity index (χ1) is 32.4. The molecule has 18 heteroatoms. The van der Waals surface area contributed by atoms with Crippen LogP contribution in [0.15, 0.2) is 36.7 Å². The van der Waals surface area contributed by atoms with Crippen molar-refractivity contribution < 1.29 is 58.7 Å². The van der Waals surface area contributed by atoms with E-state index in [1.54, 1.807) is 41.5 Å². The van der Waals surface area contributed by atoms with Crippen molar-refractivity contribution in [2.75, 3.05) is 34.3 Å². The maximum atomic E-state index is 14.5. The number of hydrogen-bond acceptors (Lipinski definition) is 16. The van der Waals surface area contributed by atoms with Gasteiger partial charge >= 0.3 is 5.97 Å². The van der Waals surface area contributed by atoms with Crippen molar-refractivity contribution in [3.63, 3.8) is 0 Å². The monoisotopic (exact) mass is 973 g/mol. The highest BCUT2D eigenvalue weighted by atomic mass is 16.7. The van der Waals surface area contributed by atoms with Crippen LogP contribution in [0.2, 0.25) is 0 Å². The molecule has 0 bridgehead atoms. The van der Waals surface area contributed by atoms with Gasteiger partial charge in [0.25, 0.3) is 0 Å². The van der Waals surface area contributed by atoms with E-state index < -0.39 is 102 Å². The zero-order chi connectivity index (χ0) is 50.7. The van der Waals surface area contributed by atoms with Gasteiger partial charge in [0.1, 0.15) is 30.0 Å². The molecule has 0 unspecified atom stereocenters. The van der Waals surface area contributed by atoms with Crippen LogP contribution in [-0.4, -0.2) is 186 Å². The molecule has 1 aromatic carbocycles. The number of aromatic amines is 1. The van der Waals surface area contributed by atoms with Crippen LogP contribution in [0.1, 0.15) is 106 Å². The fourth-order valence-electron chi connectivity index (χ4n) is 11.3. The summed E-state index contributed by atoms with van der Waals surface area (Å²) in [5, 5.41) is 69.7. The number of methoxy groups -OCH3 is 1. The largest absolute Gasteiger partial charge is 0.459 e. The molecule has 6 rings (SSSR count). The minimum Gasteiger partial charge on any atom is -0.459 e. The lowest BCUT2D eigenvalue weighted by atomic mass is 9.77. The number of rotatable bonds is 13. The third kappa shape index (κ3) is 12.6. The van der Waals surface area contributed by atoms with Gasteiger partial charge in [-0.3, -0.25) is 9.48 Å². The normalized spacial score (nSPS) is 40.4. The standard InChI is InChI=1S/C51H84N6O12/c1-14-40-51(10,63)44(59)33(6)56(12)27-29(2)24-49(8,62)46(31(4)43(32(5)47(61)67-40)68-41-25-50(9,64-13)45(60)34(7)66-41)69-48-42(58)39(23-30(3)65-48)55(11)21-20-36-28-57(54-53-36)22-19-35-26-52-38-18-16-15-17-37(35)38/h15-18,26,28-34,39-46,48,52,58-60,62-63H,14,19-25,27H2,1-13H3/t29-,30-,31+,32-,33-,34+,39+,40-,41+,42-,43+,44-,45+,46-,48+,49-,50-,51-/m1/s1. The Balaban J connectivity index is 1.26. The van der Waals surface area contributed by atoms with Crippen molar-refractivity contribution in [1.29, 1.82) is 0 Å². The number of benzene rings is 1. The third-order valence-electron chi connectivity index (χ3n) is 15.7. The number of ether oxygens (including phenoxy) is 6. The zero-order valence-electron chi connectivity index (χ0n) is 43.3. The number of carbonyl (C=O) groups is 1. The number of aliphatic hydroxyl groups is 5. The molecule has 2 aromatic heterocycles. The Morgan fingerprint density at radius 3 is 2.38 bits per heavy atom. The third-order valence-corrected chi connectivity index (χ3v) is 15.7. The number of aliphatic hydroxyl groups excluding tert-OH is 3. The Morgan fingerprint density at radius 2 is 1.68 bits per heavy atom. The van der Waals surface area contributed by atoms with Crippen molar-refractivity contribution in [2.45, 2.75) is 205 Å². The molecule has 18 atom stereocenters. The van der Waals surface area contributed by atoms with E-state index in [0.717, 1.165) is 17.6 Å². The first kappa shape index (κ1) is 55.2. The lowest BCUT2D eigenvalue weighted by Crippen LogP contribution is -2.61. The van der Waals surface area contributed by atoms with Gasteiger partial charge in [0, 0.05) is 80.9 Å². The lowest BCUT2D eigenvalue weighted by Gasteiger charge is -2.49. The molecule has 0 spiro atoms. The molecule has 18 nitrogen and oxygen atoms in total. The lowest BCUT2D eigenvalue weighted by molar-refractivity contribution is -0.318. The number of likely N-dealkylation sites (N-methyl/N-ethyl adjacent to an activating group) is 2. The average Bonchev–Trinajstić information content (AvgIpc) is 3.95. The minimum absolute atomic E-state index is 0.110. The molecule has 69 heavy (non-hydrogen) atoms. The minimum atomic E-state index is -1.83. The molecule has 0 aliphatic carbocycles. The predicted octanol–water partition coefficient (Wildman–Crippen LogP) is 3.83. The Morgan fingerprint density at radius 1 is 0.971 bits per heavy atom. The van der Waals surface area contributed by atoms with Crippen LogP contribution in [0.25, 0.3) is 10.9 Å². The molecule has 3 saturated heterocycles. The number of para-hydroxylation sites is 1. The first-order valence-corrected chi connectivity index (χ1v) is 25.1. The summed E-state index contributed by atoms with van der Waals surface area (Å²) in [5.41, 5.74) is -1.35. The second-order valence-corrected chi connectivity index (χ2v) is 21.5. The number of esters is 1. The van der Waals surface area contributed by atoms with Crippen LogP contribution in [0.3, 0.4) is 0 Å². The van der Waals surface area contributed by atoms with Crippen molar-refractivity contribution in [2.24, 2.45) is 17.8 Å². The molecule has 3 aromatic rings. The molecule has 390 valence electrons. The van der Waals surface area contributed by atoms with E-state index in [0.29, 0.717) is 32.5 Å². The number of cyclic esters (lactones) is 1. The molecule has 0 radical (unpaired) electrons. The number of nitrogens with zero attached hydrogens (tertiary/aromatic N) is 5. The van der Waals surface area contributed by atoms with Crippen LogP contribution in [0.5, 0.6) is 0 Å². The Hall–Kier alpha value is -3.11. The first-order valence-electron chi connectivity index (χ1n) is 25.1. The van der Waals surface area contributed by atoms with Crippen LogP contribution in [0, 0.1) is 17.8 Å². The fourth-order valence-corrected chi connectivity index (χ4v) is 11.3. The van der Waals surface area contributed by atoms with Crippen LogP contribution in [0.4, 0.5) is 0 Å². The summed E-state index contributed by atoms with van der Waals surface area (Å²) in [7, 11) is 5.31. The topological polar surface area (TPSA) is 227 Å². The molecular formula is C51H84N6O12. The van der Waals surface area contributed by atoms with Crippen molar-refractivity contribution >= 4 is 16.9 Å². The summed E-state index contributed by atoms with van der Waals surface area (Å²) in [6, 6.07) is 7.27. The van der Waals surface area contributed by atoms with Crippen molar-refractivity contribution in [3.05, 3.63) is 47.9 Å². The number of fused-ring (bicyclic) bond motifs is 1. The molecule has 3 aliphatic heterocycles. The number of hydrogen-bond donors (Lipinski definition) is 6. The molecule has 3 fully saturated rings. The maximum absolute atomic E-state index is 14.5. The van der Waals surface area contributed by atoms with E-state index in [-0.39, 0.29) is 31.3 Å². The van der Waals surface area contributed by atoms with Crippen LogP contribution < -0.4 is 0 Å². The van der Waals surface area contributed by atoms with Crippen LogP contribution >= 0.6 is 0 Å². The fraction of sp³-hybridized carbons (Fsp3) is 0.784. The van der Waals surface area contributed by atoms with E-state index in [9.17, 15) is 30.3 Å². The maximum Gasteiger partial charge on any atom is 0.311 e. The number of nitrogens with one attached hydrogen (secondary N) is 1. The SMILES string of the molecule is CC[C@H]1OC(=O)[C@H](C)[C@@H](O[C@H]2C[C@@](C)(OC)[C@@H](O)[C@H](C)O2)[C@H](C)[C@@H](O[C@@H]2O[C@H](C)C[C@H](N(C)CCc3cn(CCc4c[nH]c5ccccc45)nn3)[C@H]2O)[C@](C)(O)C[C@@H](C)CN(C)[C@H](C)[C@@H](O)[C@]1(C)O. The van der Waals surface area contributed by atoms with Gasteiger partial charge in [-0.05, 0) is 106 Å². The van der Waals surface area contributed by atoms with Gasteiger partial charge in [0.15, 0.2) is 12.6 Å². The summed E-state index contributed by atoms with van der Waals surface area (Å²) < 4.78 is 40.2. The van der Waals surface area contributed by atoms with Gasteiger partial charge in [-0.2, -0.15) is 0 Å². The van der Waals surface area contributed by atoms with Gasteiger partial charge in [0.05, 0.1) is 47.2 Å². The van der Waals surface area contributed by atoms with E-state index in [1.165, 1.54) is 25.0 Å². The molecule has 0 saturated carbocycles. The van der Waals surface area contributed by atoms with E-state index in [2.05, 4.69) is 32.3 Å². The highest BCUT2D eigenvalue weighted by Crippen LogP contribution is 2.40. The molecule has 6 N–H and O–H groups in total. The number of aryl methyl sites for hydroxylation is 2. The van der Waals surface area contributed by atoms with Gasteiger partial charge in [0.2, 0.25) is 0 Å². The highest BCUT2D eigenvalue weighted by molar-refractivity contribution is 5.83. The summed E-state index contributed by atoms with van der Waals surface area (Å²) in [6.07, 6.45) is -3.47. The van der Waals surface area contributed by atoms with E-state index >= 15 is 0 Å². The molecular weight excluding hydrogens is 889 g/mol. The summed E-state index contributed by atoms with van der Waals surface area (Å²) in [5.74, 6) is -2.74. The Kier molecular flexibility index (Phi) is 18.2. The van der Waals surface area contributed by atoms with Gasteiger partial charge in [-0.25, -0.2) is 0 Å². The summed E-state index contributed by atoms with van der Waals surface area (Å²) in [6.45, 7) is 19.3. The Labute approximate surface area is 408 Å². The molecule has 5 heterocycles. The van der Waals surface area contributed by atoms with Gasteiger partial charge < -0.3 is 68.7 Å². The quantitative estimate of drug-likeness (QED) is 0.134. The zero-order valence-corrected chi connectivity index (χ0v) is 43.3. The van der Waals surface area contributed by atoms with Crippen LogP contribution in [-0.2, 0) is 52.6 Å². The summed E-state index contributed by atoms with van der Waals surface area (Å²) >= 11 is 0. The molecule has 0 amide bonds. The van der Waals surface area contributed by atoms with Crippen molar-refractivity contribution in [3.8, 4) is 0 Å². The van der Waals surface area contributed by atoms with Gasteiger partial charge in [-0.1, -0.05) is 44.2 Å². The predicted molar refractivity (Wildman–Crippen MR) is 259 cm³/mol. The number of carbonyl (C=O) groups excluding carboxylic acids is 1. The molecule has 3 aliphatic rings. The average molecular weight is 973 g/mol. The highest BCUT2D eigenvalue weighted by Gasteiger charge is 2.53. The summed E-state index contributed by atoms with van der Waals surface area (Å²) in [4.78, 5) is 21.8.